The van der Waals surface area contributed by atoms with E-state index in [2.05, 4.69) is 5.32 Å². The summed E-state index contributed by atoms with van der Waals surface area (Å²) in [5, 5.41) is 2.95. The molecule has 1 aromatic carbocycles. The SMILES string of the molecule is CC(COC1CCOC1)NC(=O)CCc1ccccc1N. The number of anilines is 1. The first-order valence-corrected chi connectivity index (χ1v) is 7.47. The van der Waals surface area contributed by atoms with Crippen LogP contribution in [0.25, 0.3) is 0 Å². The maximum absolute atomic E-state index is 11.9. The maximum Gasteiger partial charge on any atom is 0.220 e. The zero-order valence-electron chi connectivity index (χ0n) is 12.5. The van der Waals surface area contributed by atoms with E-state index in [1.807, 2.05) is 31.2 Å². The second-order valence-corrected chi connectivity index (χ2v) is 5.49. The van der Waals surface area contributed by atoms with E-state index < -0.39 is 0 Å². The highest BCUT2D eigenvalue weighted by Gasteiger charge is 2.17. The van der Waals surface area contributed by atoms with Gasteiger partial charge in [0.25, 0.3) is 0 Å². The van der Waals surface area contributed by atoms with Gasteiger partial charge in [-0.2, -0.15) is 0 Å². The van der Waals surface area contributed by atoms with Gasteiger partial charge in [0.05, 0.1) is 19.3 Å². The molecule has 1 heterocycles. The molecule has 1 fully saturated rings. The lowest BCUT2D eigenvalue weighted by Crippen LogP contribution is -2.37. The van der Waals surface area contributed by atoms with Crippen LogP contribution in [0.4, 0.5) is 5.69 Å². The lowest BCUT2D eigenvalue weighted by molar-refractivity contribution is -0.122. The van der Waals surface area contributed by atoms with Gasteiger partial charge < -0.3 is 20.5 Å². The average molecular weight is 292 g/mol. The standard InChI is InChI=1S/C16H24N2O3/c1-12(10-21-14-8-9-20-11-14)18-16(19)7-6-13-4-2-3-5-15(13)17/h2-5,12,14H,6-11,17H2,1H3,(H,18,19). The van der Waals surface area contributed by atoms with Crippen molar-refractivity contribution in [2.24, 2.45) is 0 Å². The molecule has 1 aliphatic rings. The number of hydrogen-bond donors (Lipinski definition) is 2. The number of ether oxygens (including phenoxy) is 2. The van der Waals surface area contributed by atoms with Gasteiger partial charge in [-0.15, -0.1) is 0 Å². The van der Waals surface area contributed by atoms with Crippen LogP contribution in [0.2, 0.25) is 0 Å². The monoisotopic (exact) mass is 292 g/mol. The number of benzene rings is 1. The molecule has 0 saturated carbocycles. The molecule has 0 radical (unpaired) electrons. The van der Waals surface area contributed by atoms with Crippen molar-refractivity contribution < 1.29 is 14.3 Å². The normalized spacial score (nSPS) is 19.4. The molecule has 1 aromatic rings. The Morgan fingerprint density at radius 1 is 1.52 bits per heavy atom. The third kappa shape index (κ3) is 5.36. The van der Waals surface area contributed by atoms with Crippen LogP contribution >= 0.6 is 0 Å². The molecule has 0 spiro atoms. The number of nitrogen functional groups attached to an aromatic ring is 1. The van der Waals surface area contributed by atoms with E-state index in [9.17, 15) is 4.79 Å². The smallest absolute Gasteiger partial charge is 0.220 e. The number of para-hydroxylation sites is 1. The molecule has 5 nitrogen and oxygen atoms in total. The number of nitrogens with one attached hydrogen (secondary N) is 1. The van der Waals surface area contributed by atoms with Crippen LogP contribution < -0.4 is 11.1 Å². The first kappa shape index (κ1) is 15.8. The molecule has 0 bridgehead atoms. The third-order valence-corrected chi connectivity index (χ3v) is 3.55. The van der Waals surface area contributed by atoms with Crippen molar-refractivity contribution in [3.05, 3.63) is 29.8 Å². The van der Waals surface area contributed by atoms with Crippen molar-refractivity contribution in [1.82, 2.24) is 5.32 Å². The topological polar surface area (TPSA) is 73.6 Å². The number of nitrogens with two attached hydrogens (primary N) is 1. The van der Waals surface area contributed by atoms with Crippen LogP contribution in [-0.4, -0.2) is 37.9 Å². The quantitative estimate of drug-likeness (QED) is 0.747. The molecule has 21 heavy (non-hydrogen) atoms. The van der Waals surface area contributed by atoms with E-state index in [0.29, 0.717) is 26.1 Å². The Hall–Kier alpha value is -1.59. The molecular weight excluding hydrogens is 268 g/mol. The molecule has 2 atom stereocenters. The zero-order valence-corrected chi connectivity index (χ0v) is 12.5. The van der Waals surface area contributed by atoms with Crippen molar-refractivity contribution in [3.8, 4) is 0 Å². The van der Waals surface area contributed by atoms with Crippen molar-refractivity contribution in [1.29, 1.82) is 0 Å². The maximum atomic E-state index is 11.9. The summed E-state index contributed by atoms with van der Waals surface area (Å²) in [5.41, 5.74) is 7.61. The van der Waals surface area contributed by atoms with Gasteiger partial charge in [-0.3, -0.25) is 4.79 Å². The van der Waals surface area contributed by atoms with Crippen LogP contribution in [0.15, 0.2) is 24.3 Å². The lowest BCUT2D eigenvalue weighted by atomic mass is 10.1. The van der Waals surface area contributed by atoms with E-state index >= 15 is 0 Å². The van der Waals surface area contributed by atoms with Gasteiger partial charge in [0.2, 0.25) is 5.91 Å². The van der Waals surface area contributed by atoms with Crippen molar-refractivity contribution in [2.75, 3.05) is 25.6 Å². The lowest BCUT2D eigenvalue weighted by Gasteiger charge is -2.17. The van der Waals surface area contributed by atoms with Gasteiger partial charge in [0.15, 0.2) is 0 Å². The fourth-order valence-corrected chi connectivity index (χ4v) is 2.32. The van der Waals surface area contributed by atoms with E-state index in [4.69, 9.17) is 15.2 Å². The molecule has 0 aliphatic carbocycles. The molecule has 2 unspecified atom stereocenters. The number of carbonyl (C=O) groups is 1. The van der Waals surface area contributed by atoms with E-state index in [1.54, 1.807) is 0 Å². The molecule has 5 heteroatoms. The Balaban J connectivity index is 1.65. The molecule has 1 aliphatic heterocycles. The highest BCUT2D eigenvalue weighted by atomic mass is 16.5. The Bertz CT molecular complexity index is 459. The predicted octanol–water partition coefficient (Wildman–Crippen LogP) is 1.51. The van der Waals surface area contributed by atoms with Crippen molar-refractivity contribution >= 4 is 11.6 Å². The van der Waals surface area contributed by atoms with Gasteiger partial charge in [0.1, 0.15) is 0 Å². The summed E-state index contributed by atoms with van der Waals surface area (Å²) in [5.74, 6) is 0.0250. The summed E-state index contributed by atoms with van der Waals surface area (Å²) in [6.07, 6.45) is 2.20. The van der Waals surface area contributed by atoms with Crippen molar-refractivity contribution in [2.45, 2.75) is 38.3 Å². The van der Waals surface area contributed by atoms with Crippen LogP contribution in [0, 0.1) is 0 Å². The van der Waals surface area contributed by atoms with Crippen molar-refractivity contribution in [3.63, 3.8) is 0 Å². The Labute approximate surface area is 125 Å². The molecular formula is C16H24N2O3. The van der Waals surface area contributed by atoms with E-state index in [0.717, 1.165) is 24.3 Å². The number of aryl methyl sites for hydroxylation is 1. The Kier molecular flexibility index (Phi) is 6.02. The molecule has 3 N–H and O–H groups in total. The molecule has 1 saturated heterocycles. The summed E-state index contributed by atoms with van der Waals surface area (Å²) in [6.45, 7) is 3.90. The van der Waals surface area contributed by atoms with Crippen LogP contribution in [0.5, 0.6) is 0 Å². The largest absolute Gasteiger partial charge is 0.399 e. The number of amides is 1. The minimum atomic E-state index is 0.00576. The predicted molar refractivity (Wildman–Crippen MR) is 82.0 cm³/mol. The Morgan fingerprint density at radius 2 is 2.33 bits per heavy atom. The fourth-order valence-electron chi connectivity index (χ4n) is 2.32. The average Bonchev–Trinajstić information content (AvgIpc) is 2.97. The molecule has 0 aromatic heterocycles. The highest BCUT2D eigenvalue weighted by molar-refractivity contribution is 5.76. The van der Waals surface area contributed by atoms with Gasteiger partial charge in [-0.05, 0) is 31.4 Å². The number of rotatable bonds is 7. The summed E-state index contributed by atoms with van der Waals surface area (Å²) >= 11 is 0. The first-order chi connectivity index (χ1) is 10.1. The van der Waals surface area contributed by atoms with E-state index in [1.165, 1.54) is 0 Å². The number of hydrogen-bond acceptors (Lipinski definition) is 4. The number of carbonyl (C=O) groups excluding carboxylic acids is 1. The summed E-state index contributed by atoms with van der Waals surface area (Å²) in [6, 6.07) is 7.64. The first-order valence-electron chi connectivity index (χ1n) is 7.47. The second-order valence-electron chi connectivity index (χ2n) is 5.49. The van der Waals surface area contributed by atoms with Gasteiger partial charge >= 0.3 is 0 Å². The Morgan fingerprint density at radius 3 is 3.05 bits per heavy atom. The minimum absolute atomic E-state index is 0.00576. The van der Waals surface area contributed by atoms with Gasteiger partial charge in [-0.25, -0.2) is 0 Å². The zero-order chi connectivity index (χ0) is 15.1. The van der Waals surface area contributed by atoms with Crippen LogP contribution in [-0.2, 0) is 20.7 Å². The van der Waals surface area contributed by atoms with Gasteiger partial charge in [0, 0.05) is 24.8 Å². The molecule has 2 rings (SSSR count). The van der Waals surface area contributed by atoms with Crippen LogP contribution in [0.1, 0.15) is 25.3 Å². The molecule has 116 valence electrons. The summed E-state index contributed by atoms with van der Waals surface area (Å²) in [7, 11) is 0. The van der Waals surface area contributed by atoms with Crippen LogP contribution in [0.3, 0.4) is 0 Å². The van der Waals surface area contributed by atoms with Gasteiger partial charge in [-0.1, -0.05) is 18.2 Å². The molecule has 1 amide bonds. The second kappa shape index (κ2) is 8.00. The highest BCUT2D eigenvalue weighted by Crippen LogP contribution is 2.12. The summed E-state index contributed by atoms with van der Waals surface area (Å²) < 4.78 is 10.9. The van der Waals surface area contributed by atoms with E-state index in [-0.39, 0.29) is 18.1 Å². The third-order valence-electron chi connectivity index (χ3n) is 3.55. The minimum Gasteiger partial charge on any atom is -0.399 e. The summed E-state index contributed by atoms with van der Waals surface area (Å²) in [4.78, 5) is 11.9. The fraction of sp³-hybridized carbons (Fsp3) is 0.562.